The number of H-pyrrole nitrogens is 1. The number of carbonyl (C=O) groups excluding carboxylic acids is 1. The van der Waals surface area contributed by atoms with Crippen molar-refractivity contribution in [1.82, 2.24) is 5.43 Å². The van der Waals surface area contributed by atoms with Gasteiger partial charge in [-0.2, -0.15) is 10.1 Å². The number of nitrogens with one attached hydrogen (secondary N) is 2. The van der Waals surface area contributed by atoms with Crippen LogP contribution in [0.3, 0.4) is 0 Å². The minimum absolute atomic E-state index is 0.149. The third kappa shape index (κ3) is 4.15. The van der Waals surface area contributed by atoms with Crippen LogP contribution in [0.2, 0.25) is 0 Å². The summed E-state index contributed by atoms with van der Waals surface area (Å²) >= 11 is 1.24. The maximum Gasteiger partial charge on any atom is 0.411 e. The first-order chi connectivity index (χ1) is 12.6. The third-order valence-electron chi connectivity index (χ3n) is 3.59. The lowest BCUT2D eigenvalue weighted by Crippen LogP contribution is -2.21. The number of oxazole rings is 1. The highest BCUT2D eigenvalue weighted by molar-refractivity contribution is 7.99. The molecular weight excluding hydrogens is 354 g/mol. The van der Waals surface area contributed by atoms with Gasteiger partial charge in [-0.15, -0.1) is 0 Å². The number of para-hydroxylation sites is 2. The molecule has 3 rings (SSSR count). The molecule has 3 aromatic rings. The highest BCUT2D eigenvalue weighted by Crippen LogP contribution is 2.24. The maximum absolute atomic E-state index is 12.0. The molecule has 134 valence electrons. The quantitative estimate of drug-likeness (QED) is 0.405. The first kappa shape index (κ1) is 17.8. The number of carbonyl (C=O) groups is 1. The van der Waals surface area contributed by atoms with Crippen molar-refractivity contribution in [3.05, 3.63) is 48.0 Å². The monoisotopic (exact) mass is 371 g/mol. The van der Waals surface area contributed by atoms with E-state index in [1.165, 1.54) is 24.9 Å². The van der Waals surface area contributed by atoms with Gasteiger partial charge < -0.3 is 14.3 Å². The first-order valence-corrected chi connectivity index (χ1v) is 8.77. The summed E-state index contributed by atoms with van der Waals surface area (Å²) in [6.45, 7) is 1.74. The number of thioether (sulfide) groups is 1. The fourth-order valence-corrected chi connectivity index (χ4v) is 2.88. The Morgan fingerprint density at radius 3 is 2.92 bits per heavy atom. The Balaban J connectivity index is 1.58. The van der Waals surface area contributed by atoms with E-state index in [1.54, 1.807) is 19.1 Å². The molecule has 2 aromatic carbocycles. The van der Waals surface area contributed by atoms with Gasteiger partial charge in [-0.05, 0) is 30.8 Å². The molecule has 0 unspecified atom stereocenters. The van der Waals surface area contributed by atoms with Crippen molar-refractivity contribution in [2.45, 2.75) is 12.1 Å². The number of methoxy groups -OCH3 is 1. The van der Waals surface area contributed by atoms with Gasteiger partial charge in [0.2, 0.25) is 11.1 Å². The first-order valence-electron chi connectivity index (χ1n) is 7.79. The number of ether oxygens (including phenoxy) is 1. The summed E-state index contributed by atoms with van der Waals surface area (Å²) in [6.07, 6.45) is 0. The number of aromatic nitrogens is 1. The molecule has 0 bridgehead atoms. The highest BCUT2D eigenvalue weighted by Gasteiger charge is 2.14. The van der Waals surface area contributed by atoms with Crippen LogP contribution in [0.4, 0.5) is 0 Å². The van der Waals surface area contributed by atoms with Gasteiger partial charge in [-0.25, -0.2) is 5.43 Å². The van der Waals surface area contributed by atoms with Crippen molar-refractivity contribution < 1.29 is 24.0 Å². The van der Waals surface area contributed by atoms with Crippen molar-refractivity contribution in [3.8, 4) is 11.5 Å². The molecule has 0 fully saturated rings. The van der Waals surface area contributed by atoms with Crippen molar-refractivity contribution in [2.24, 2.45) is 5.10 Å². The van der Waals surface area contributed by atoms with Gasteiger partial charge in [-0.1, -0.05) is 30.0 Å². The third-order valence-corrected chi connectivity index (χ3v) is 4.44. The van der Waals surface area contributed by atoms with E-state index in [9.17, 15) is 9.90 Å². The standard InChI is InChI=1S/C18H17N3O4S/c1-11(12-7-8-14(22)16(9-12)24-2)20-21-17(23)10-26-18-19-13-5-3-4-6-15(13)25-18/h3-9,22H,10H2,1-2H3,(H,21,23). The number of hydrazone groups is 1. The molecule has 1 aromatic heterocycles. The fourth-order valence-electron chi connectivity index (χ4n) is 2.23. The molecule has 0 atom stereocenters. The lowest BCUT2D eigenvalue weighted by atomic mass is 10.1. The Hall–Kier alpha value is -3.00. The van der Waals surface area contributed by atoms with E-state index in [4.69, 9.17) is 9.15 Å². The van der Waals surface area contributed by atoms with Gasteiger partial charge in [0.1, 0.15) is 5.75 Å². The molecule has 0 saturated carbocycles. The van der Waals surface area contributed by atoms with E-state index in [-0.39, 0.29) is 23.2 Å². The lowest BCUT2D eigenvalue weighted by Gasteiger charge is -2.13. The molecule has 0 aliphatic rings. The molecule has 2 N–H and O–H groups in total. The predicted molar refractivity (Wildman–Crippen MR) is 96.3 cm³/mol. The van der Waals surface area contributed by atoms with Gasteiger partial charge >= 0.3 is 5.22 Å². The molecule has 0 spiro atoms. The molecule has 1 amide bonds. The summed E-state index contributed by atoms with van der Waals surface area (Å²) in [7, 11) is 1.43. The smallest absolute Gasteiger partial charge is 0.411 e. The molecule has 1 heterocycles. The number of hydrogen-bond donors (Lipinski definition) is 1. The van der Waals surface area contributed by atoms with E-state index in [1.807, 2.05) is 24.3 Å². The van der Waals surface area contributed by atoms with Crippen LogP contribution >= 0.6 is 11.8 Å². The van der Waals surface area contributed by atoms with Crippen LogP contribution in [0.1, 0.15) is 12.5 Å². The number of amides is 1. The summed E-state index contributed by atoms with van der Waals surface area (Å²) in [4.78, 5) is 15.1. The topological polar surface area (TPSA) is 101 Å². The zero-order chi connectivity index (χ0) is 18.5. The number of benzene rings is 2. The van der Waals surface area contributed by atoms with Crippen LogP contribution in [0.25, 0.3) is 11.1 Å². The molecule has 0 saturated heterocycles. The minimum atomic E-state index is -0.268. The number of rotatable bonds is 6. The van der Waals surface area contributed by atoms with Crippen LogP contribution in [-0.4, -0.2) is 24.5 Å². The number of nitrogens with zero attached hydrogens (tertiary/aromatic N) is 1. The van der Waals surface area contributed by atoms with Crippen LogP contribution in [-0.2, 0) is 4.79 Å². The Morgan fingerprint density at radius 1 is 1.35 bits per heavy atom. The predicted octanol–water partition coefficient (Wildman–Crippen LogP) is 1.96. The van der Waals surface area contributed by atoms with Crippen LogP contribution in [0, 0.1) is 0 Å². The van der Waals surface area contributed by atoms with Gasteiger partial charge in [0.25, 0.3) is 5.91 Å². The zero-order valence-electron chi connectivity index (χ0n) is 14.2. The largest absolute Gasteiger partial charge is 0.870 e. The van der Waals surface area contributed by atoms with Crippen LogP contribution < -0.4 is 20.3 Å². The summed E-state index contributed by atoms with van der Waals surface area (Å²) < 4.78 is 10.6. The second-order valence-electron chi connectivity index (χ2n) is 5.40. The van der Waals surface area contributed by atoms with Crippen molar-refractivity contribution in [2.75, 3.05) is 12.9 Å². The molecule has 26 heavy (non-hydrogen) atoms. The summed E-state index contributed by atoms with van der Waals surface area (Å²) in [5, 5.41) is 16.1. The molecule has 0 radical (unpaired) electrons. The molecule has 0 aliphatic heterocycles. The van der Waals surface area contributed by atoms with E-state index < -0.39 is 0 Å². The summed E-state index contributed by atoms with van der Waals surface area (Å²) in [5.41, 5.74) is 5.36. The lowest BCUT2D eigenvalue weighted by molar-refractivity contribution is -0.411. The summed E-state index contributed by atoms with van der Waals surface area (Å²) in [5.74, 6) is -0.0860. The Kier molecular flexibility index (Phi) is 5.43. The van der Waals surface area contributed by atoms with Crippen molar-refractivity contribution in [3.63, 3.8) is 0 Å². The Morgan fingerprint density at radius 2 is 2.15 bits per heavy atom. The Labute approximate surface area is 154 Å². The van der Waals surface area contributed by atoms with Crippen molar-refractivity contribution >= 4 is 34.5 Å². The van der Waals surface area contributed by atoms with Gasteiger partial charge in [0.15, 0.2) is 0 Å². The molecule has 7 nitrogen and oxygen atoms in total. The average Bonchev–Trinajstić information content (AvgIpc) is 3.07. The van der Waals surface area contributed by atoms with E-state index in [0.29, 0.717) is 16.5 Å². The van der Waals surface area contributed by atoms with Gasteiger partial charge in [-0.3, -0.25) is 4.79 Å². The van der Waals surface area contributed by atoms with Gasteiger partial charge in [0.05, 0.1) is 18.6 Å². The van der Waals surface area contributed by atoms with Gasteiger partial charge in [0, 0.05) is 11.6 Å². The fraction of sp³-hybridized carbons (Fsp3) is 0.167. The SMILES string of the molecule is COc1cc(C(C)=NNC(=O)CSc2[nH+]c3ccccc3o2)ccc1[O-]. The number of hydrogen-bond acceptors (Lipinski definition) is 6. The zero-order valence-corrected chi connectivity index (χ0v) is 15.1. The van der Waals surface area contributed by atoms with E-state index in [2.05, 4.69) is 15.5 Å². The van der Waals surface area contributed by atoms with Crippen LogP contribution in [0.15, 0.2) is 57.2 Å². The Bertz CT molecular complexity index is 935. The molecular formula is C18H17N3O4S. The molecule has 0 aliphatic carbocycles. The normalized spacial score (nSPS) is 11.5. The maximum atomic E-state index is 12.0. The van der Waals surface area contributed by atoms with Crippen LogP contribution in [0.5, 0.6) is 11.5 Å². The summed E-state index contributed by atoms with van der Waals surface area (Å²) in [6, 6.07) is 12.2. The van der Waals surface area contributed by atoms with E-state index >= 15 is 0 Å². The second-order valence-corrected chi connectivity index (χ2v) is 6.35. The average molecular weight is 371 g/mol. The molecule has 8 heteroatoms. The highest BCUT2D eigenvalue weighted by atomic mass is 32.2. The number of fused-ring (bicyclic) bond motifs is 1. The van der Waals surface area contributed by atoms with Crippen molar-refractivity contribution in [1.29, 1.82) is 0 Å². The second kappa shape index (κ2) is 7.92. The number of aromatic amines is 1. The minimum Gasteiger partial charge on any atom is -0.870 e. The van der Waals surface area contributed by atoms with E-state index in [0.717, 1.165) is 11.1 Å².